The number of halogens is 1. The molecule has 2 nitrogen and oxygen atoms in total. The number of alkyl halides is 1. The van der Waals surface area contributed by atoms with E-state index in [4.69, 9.17) is 11.6 Å². The van der Waals surface area contributed by atoms with Crippen molar-refractivity contribution < 1.29 is 4.79 Å². The minimum atomic E-state index is 0.184. The van der Waals surface area contributed by atoms with Gasteiger partial charge in [-0.2, -0.15) is 0 Å². The Hall–Kier alpha value is -1.02. The van der Waals surface area contributed by atoms with Crippen LogP contribution in [0.25, 0.3) is 0 Å². The molecule has 19 heavy (non-hydrogen) atoms. The lowest BCUT2D eigenvalue weighted by Crippen LogP contribution is -2.35. The first-order valence-electron chi connectivity index (χ1n) is 7.07. The average molecular weight is 280 g/mol. The van der Waals surface area contributed by atoms with Crippen LogP contribution in [0.5, 0.6) is 0 Å². The summed E-state index contributed by atoms with van der Waals surface area (Å²) in [4.78, 5) is 14.7. The largest absolute Gasteiger partial charge is 0.336 e. The number of carbonyl (C=O) groups is 1. The van der Waals surface area contributed by atoms with Gasteiger partial charge in [0, 0.05) is 24.0 Å². The number of aryl methyl sites for hydroxylation is 2. The quantitative estimate of drug-likeness (QED) is 0.765. The van der Waals surface area contributed by atoms with Crippen LogP contribution in [0.1, 0.15) is 47.2 Å². The summed E-state index contributed by atoms with van der Waals surface area (Å²) in [6.45, 7) is 4.97. The zero-order chi connectivity index (χ0) is 13.8. The second kappa shape index (κ2) is 6.42. The Balaban J connectivity index is 2.13. The van der Waals surface area contributed by atoms with Crippen LogP contribution in [0.15, 0.2) is 18.2 Å². The van der Waals surface area contributed by atoms with E-state index in [-0.39, 0.29) is 5.91 Å². The van der Waals surface area contributed by atoms with Crippen LogP contribution in [0.4, 0.5) is 0 Å². The molecular formula is C16H22ClNO. The fourth-order valence-electron chi connectivity index (χ4n) is 2.98. The van der Waals surface area contributed by atoms with Crippen LogP contribution in [0.2, 0.25) is 0 Å². The molecule has 1 aromatic rings. The second-order valence-corrected chi connectivity index (χ2v) is 5.88. The van der Waals surface area contributed by atoms with Crippen LogP contribution in [0, 0.1) is 13.8 Å². The lowest BCUT2D eigenvalue weighted by Gasteiger charge is -2.25. The molecule has 0 aromatic heterocycles. The molecule has 1 unspecified atom stereocenters. The predicted octanol–water partition coefficient (Wildman–Crippen LogP) is 3.93. The van der Waals surface area contributed by atoms with E-state index in [9.17, 15) is 4.79 Å². The summed E-state index contributed by atoms with van der Waals surface area (Å²) in [7, 11) is 0. The second-order valence-electron chi connectivity index (χ2n) is 5.50. The zero-order valence-electron chi connectivity index (χ0n) is 11.8. The van der Waals surface area contributed by atoms with Crippen molar-refractivity contribution in [2.24, 2.45) is 0 Å². The highest BCUT2D eigenvalue weighted by Gasteiger charge is 2.28. The van der Waals surface area contributed by atoms with E-state index >= 15 is 0 Å². The first-order valence-corrected chi connectivity index (χ1v) is 7.60. The molecule has 0 radical (unpaired) electrons. The van der Waals surface area contributed by atoms with Crippen LogP contribution < -0.4 is 0 Å². The van der Waals surface area contributed by atoms with Gasteiger partial charge in [-0.1, -0.05) is 17.2 Å². The molecule has 0 N–H and O–H groups in total. The van der Waals surface area contributed by atoms with Crippen molar-refractivity contribution in [2.45, 2.75) is 45.6 Å². The molecule has 2 rings (SSSR count). The van der Waals surface area contributed by atoms with E-state index in [2.05, 4.69) is 6.07 Å². The molecule has 1 atom stereocenters. The third-order valence-corrected chi connectivity index (χ3v) is 4.04. The summed E-state index contributed by atoms with van der Waals surface area (Å²) < 4.78 is 0. The first-order chi connectivity index (χ1) is 9.11. The lowest BCUT2D eigenvalue weighted by atomic mass is 10.0. The predicted molar refractivity (Wildman–Crippen MR) is 79.9 cm³/mol. The Morgan fingerprint density at radius 1 is 1.32 bits per heavy atom. The van der Waals surface area contributed by atoms with E-state index in [1.807, 2.05) is 30.9 Å². The topological polar surface area (TPSA) is 20.3 Å². The van der Waals surface area contributed by atoms with Gasteiger partial charge in [0.25, 0.3) is 5.91 Å². The molecule has 104 valence electrons. The Morgan fingerprint density at radius 3 is 2.63 bits per heavy atom. The fourth-order valence-corrected chi connectivity index (χ4v) is 3.13. The number of hydrogen-bond acceptors (Lipinski definition) is 1. The molecule has 1 fully saturated rings. The SMILES string of the molecule is Cc1cc(C)cc(C(=O)N2CCCC2CCCCl)c1. The van der Waals surface area contributed by atoms with Crippen molar-refractivity contribution in [1.29, 1.82) is 0 Å². The lowest BCUT2D eigenvalue weighted by molar-refractivity contribution is 0.0730. The van der Waals surface area contributed by atoms with E-state index in [1.54, 1.807) is 0 Å². The molecule has 1 amide bonds. The van der Waals surface area contributed by atoms with Gasteiger partial charge in [0.05, 0.1) is 0 Å². The van der Waals surface area contributed by atoms with Gasteiger partial charge < -0.3 is 4.90 Å². The Morgan fingerprint density at radius 2 is 2.00 bits per heavy atom. The molecule has 3 heteroatoms. The van der Waals surface area contributed by atoms with Gasteiger partial charge in [0.15, 0.2) is 0 Å². The highest BCUT2D eigenvalue weighted by Crippen LogP contribution is 2.24. The maximum absolute atomic E-state index is 12.6. The summed E-state index contributed by atoms with van der Waals surface area (Å²) in [5, 5.41) is 0. The number of rotatable bonds is 4. The number of likely N-dealkylation sites (tertiary alicyclic amines) is 1. The van der Waals surface area contributed by atoms with Crippen LogP contribution in [0.3, 0.4) is 0 Å². The number of nitrogens with zero attached hydrogens (tertiary/aromatic N) is 1. The van der Waals surface area contributed by atoms with Gasteiger partial charge in [-0.3, -0.25) is 4.79 Å². The third-order valence-electron chi connectivity index (χ3n) is 3.78. The van der Waals surface area contributed by atoms with Gasteiger partial charge in [-0.25, -0.2) is 0 Å². The monoisotopic (exact) mass is 279 g/mol. The smallest absolute Gasteiger partial charge is 0.254 e. The number of hydrogen-bond donors (Lipinski definition) is 0. The minimum absolute atomic E-state index is 0.184. The summed E-state index contributed by atoms with van der Waals surface area (Å²) in [5.74, 6) is 0.867. The standard InChI is InChI=1S/C16H22ClNO/c1-12-9-13(2)11-14(10-12)16(19)18-8-4-6-15(18)5-3-7-17/h9-11,15H,3-8H2,1-2H3. The van der Waals surface area contributed by atoms with Crippen molar-refractivity contribution in [2.75, 3.05) is 12.4 Å². The van der Waals surface area contributed by atoms with Gasteiger partial charge >= 0.3 is 0 Å². The van der Waals surface area contributed by atoms with Crippen molar-refractivity contribution >= 4 is 17.5 Å². The Labute approximate surface area is 120 Å². The zero-order valence-corrected chi connectivity index (χ0v) is 12.5. The Kier molecular flexibility index (Phi) is 4.87. The maximum atomic E-state index is 12.6. The van der Waals surface area contributed by atoms with E-state index in [0.29, 0.717) is 11.9 Å². The van der Waals surface area contributed by atoms with Gasteiger partial charge in [0.2, 0.25) is 0 Å². The number of amides is 1. The van der Waals surface area contributed by atoms with Crippen LogP contribution in [-0.2, 0) is 0 Å². The molecule has 1 aliphatic heterocycles. The third kappa shape index (κ3) is 3.50. The summed E-state index contributed by atoms with van der Waals surface area (Å²) >= 11 is 5.76. The molecule has 0 bridgehead atoms. The summed E-state index contributed by atoms with van der Waals surface area (Å²) in [6, 6.07) is 6.47. The molecule has 1 heterocycles. The highest BCUT2D eigenvalue weighted by molar-refractivity contribution is 6.17. The van der Waals surface area contributed by atoms with Gasteiger partial charge in [0.1, 0.15) is 0 Å². The molecule has 0 saturated carbocycles. The molecule has 1 saturated heterocycles. The van der Waals surface area contributed by atoms with Gasteiger partial charge in [-0.05, 0) is 51.7 Å². The number of carbonyl (C=O) groups excluding carboxylic acids is 1. The molecule has 1 aliphatic rings. The maximum Gasteiger partial charge on any atom is 0.254 e. The molecule has 0 aliphatic carbocycles. The van der Waals surface area contributed by atoms with Gasteiger partial charge in [-0.15, -0.1) is 11.6 Å². The van der Waals surface area contributed by atoms with E-state index in [0.717, 1.165) is 48.9 Å². The minimum Gasteiger partial charge on any atom is -0.336 e. The van der Waals surface area contributed by atoms with E-state index < -0.39 is 0 Å². The van der Waals surface area contributed by atoms with Crippen molar-refractivity contribution in [1.82, 2.24) is 4.90 Å². The number of benzene rings is 1. The van der Waals surface area contributed by atoms with Crippen molar-refractivity contribution in [3.8, 4) is 0 Å². The van der Waals surface area contributed by atoms with Crippen LogP contribution in [-0.4, -0.2) is 29.3 Å². The van der Waals surface area contributed by atoms with E-state index in [1.165, 1.54) is 0 Å². The Bertz CT molecular complexity index is 438. The first kappa shape index (κ1) is 14.4. The van der Waals surface area contributed by atoms with Crippen molar-refractivity contribution in [3.05, 3.63) is 34.9 Å². The van der Waals surface area contributed by atoms with Crippen LogP contribution >= 0.6 is 11.6 Å². The summed E-state index contributed by atoms with van der Waals surface area (Å²) in [6.07, 6.45) is 4.25. The summed E-state index contributed by atoms with van der Waals surface area (Å²) in [5.41, 5.74) is 3.13. The fraction of sp³-hybridized carbons (Fsp3) is 0.562. The normalized spacial score (nSPS) is 18.9. The highest BCUT2D eigenvalue weighted by atomic mass is 35.5. The van der Waals surface area contributed by atoms with Crippen molar-refractivity contribution in [3.63, 3.8) is 0 Å². The molecule has 0 spiro atoms. The average Bonchev–Trinajstić information content (AvgIpc) is 2.82. The molecule has 1 aromatic carbocycles. The molecular weight excluding hydrogens is 258 g/mol.